The topological polar surface area (TPSA) is 12.0 Å². The van der Waals surface area contributed by atoms with E-state index >= 15 is 0 Å². The van der Waals surface area contributed by atoms with Crippen molar-refractivity contribution in [1.82, 2.24) is 5.32 Å². The summed E-state index contributed by atoms with van der Waals surface area (Å²) in [6.07, 6.45) is 8.24. The molecule has 0 aromatic rings. The van der Waals surface area contributed by atoms with Crippen molar-refractivity contribution in [3.8, 4) is 0 Å². The van der Waals surface area contributed by atoms with Gasteiger partial charge in [0.05, 0.1) is 0 Å². The highest BCUT2D eigenvalue weighted by molar-refractivity contribution is 4.79. The molecule has 0 aromatic carbocycles. The van der Waals surface area contributed by atoms with Crippen molar-refractivity contribution >= 4 is 0 Å². The highest BCUT2D eigenvalue weighted by Gasteiger charge is 2.24. The minimum absolute atomic E-state index is 0.469. The van der Waals surface area contributed by atoms with Gasteiger partial charge in [0.1, 0.15) is 0 Å². The number of hydrogen-bond acceptors (Lipinski definition) is 1. The average molecular weight is 225 g/mol. The lowest BCUT2D eigenvalue weighted by Gasteiger charge is -2.23. The summed E-state index contributed by atoms with van der Waals surface area (Å²) in [4.78, 5) is 0. The molecule has 1 rings (SSSR count). The zero-order valence-electron chi connectivity index (χ0n) is 12.0. The molecule has 0 saturated heterocycles. The first kappa shape index (κ1) is 14.0. The fourth-order valence-corrected chi connectivity index (χ4v) is 2.52. The molecule has 1 atom stereocenters. The van der Waals surface area contributed by atoms with Gasteiger partial charge < -0.3 is 5.32 Å². The van der Waals surface area contributed by atoms with Crippen LogP contribution in [-0.4, -0.2) is 12.6 Å². The first-order valence-electron chi connectivity index (χ1n) is 7.02. The van der Waals surface area contributed by atoms with E-state index in [1.54, 1.807) is 0 Å². The van der Waals surface area contributed by atoms with Crippen molar-refractivity contribution in [3.63, 3.8) is 0 Å². The second-order valence-electron chi connectivity index (χ2n) is 7.56. The van der Waals surface area contributed by atoms with Gasteiger partial charge in [0.15, 0.2) is 0 Å². The van der Waals surface area contributed by atoms with Crippen LogP contribution in [0.4, 0.5) is 0 Å². The fourth-order valence-electron chi connectivity index (χ4n) is 2.52. The molecular formula is C15H31N. The van der Waals surface area contributed by atoms with Crippen LogP contribution in [0.15, 0.2) is 0 Å². The normalized spacial score (nSPS) is 26.4. The predicted octanol–water partition coefficient (Wildman–Crippen LogP) is 4.37. The molecule has 1 N–H and O–H groups in total. The zero-order chi connectivity index (χ0) is 12.2. The first-order valence-corrected chi connectivity index (χ1v) is 7.02. The summed E-state index contributed by atoms with van der Waals surface area (Å²) in [5, 5.41) is 3.76. The maximum Gasteiger partial charge on any atom is 0.00672 e. The van der Waals surface area contributed by atoms with Crippen molar-refractivity contribution in [2.75, 3.05) is 6.54 Å². The molecule has 16 heavy (non-hydrogen) atoms. The number of rotatable bonds is 3. The SMILES string of the molecule is CC(C)(C)CCNC1CCCC(C)(C)CC1. The van der Waals surface area contributed by atoms with Gasteiger partial charge in [-0.3, -0.25) is 0 Å². The Bertz CT molecular complexity index is 200. The average Bonchev–Trinajstić information content (AvgIpc) is 2.26. The Hall–Kier alpha value is -0.0400. The molecule has 1 saturated carbocycles. The van der Waals surface area contributed by atoms with Gasteiger partial charge in [0.25, 0.3) is 0 Å². The maximum absolute atomic E-state index is 3.76. The number of hydrogen-bond donors (Lipinski definition) is 1. The third-order valence-electron chi connectivity index (χ3n) is 3.88. The monoisotopic (exact) mass is 225 g/mol. The molecule has 1 fully saturated rings. The molecule has 1 nitrogen and oxygen atoms in total. The standard InChI is InChI=1S/C15H31N/c1-14(2,3)11-12-16-13-7-6-9-15(4,5)10-8-13/h13,16H,6-12H2,1-5H3. The van der Waals surface area contributed by atoms with Gasteiger partial charge in [0.2, 0.25) is 0 Å². The lowest BCUT2D eigenvalue weighted by Crippen LogP contribution is -2.31. The van der Waals surface area contributed by atoms with Crippen molar-refractivity contribution in [2.24, 2.45) is 10.8 Å². The molecule has 0 aliphatic heterocycles. The summed E-state index contributed by atoms with van der Waals surface area (Å²) in [5.74, 6) is 0. The summed E-state index contributed by atoms with van der Waals surface area (Å²) < 4.78 is 0. The second kappa shape index (κ2) is 5.53. The third-order valence-corrected chi connectivity index (χ3v) is 3.88. The van der Waals surface area contributed by atoms with Crippen molar-refractivity contribution in [3.05, 3.63) is 0 Å². The molecule has 1 heteroatoms. The van der Waals surface area contributed by atoms with Gasteiger partial charge in [-0.1, -0.05) is 41.0 Å². The molecule has 0 aromatic heterocycles. The smallest absolute Gasteiger partial charge is 0.00672 e. The van der Waals surface area contributed by atoms with Crippen LogP contribution in [0.5, 0.6) is 0 Å². The van der Waals surface area contributed by atoms with Gasteiger partial charge in [-0.25, -0.2) is 0 Å². The van der Waals surface area contributed by atoms with Crippen molar-refractivity contribution < 1.29 is 0 Å². The predicted molar refractivity (Wildman–Crippen MR) is 72.7 cm³/mol. The number of nitrogens with one attached hydrogen (secondary N) is 1. The quantitative estimate of drug-likeness (QED) is 0.703. The van der Waals surface area contributed by atoms with E-state index in [9.17, 15) is 0 Å². The van der Waals surface area contributed by atoms with Gasteiger partial charge in [-0.15, -0.1) is 0 Å². The summed E-state index contributed by atoms with van der Waals surface area (Å²) in [7, 11) is 0. The Morgan fingerprint density at radius 1 is 1.12 bits per heavy atom. The summed E-state index contributed by atoms with van der Waals surface area (Å²) in [6, 6.07) is 0.782. The van der Waals surface area contributed by atoms with E-state index in [0.29, 0.717) is 10.8 Å². The molecular weight excluding hydrogens is 194 g/mol. The van der Waals surface area contributed by atoms with Crippen LogP contribution in [-0.2, 0) is 0 Å². The van der Waals surface area contributed by atoms with E-state index in [4.69, 9.17) is 0 Å². The van der Waals surface area contributed by atoms with E-state index < -0.39 is 0 Å². The fraction of sp³-hybridized carbons (Fsp3) is 1.00. The molecule has 0 radical (unpaired) electrons. The molecule has 0 spiro atoms. The van der Waals surface area contributed by atoms with E-state index in [1.807, 2.05) is 0 Å². The van der Waals surface area contributed by atoms with E-state index in [0.717, 1.165) is 6.04 Å². The molecule has 0 bridgehead atoms. The summed E-state index contributed by atoms with van der Waals surface area (Å²) >= 11 is 0. The van der Waals surface area contributed by atoms with Crippen LogP contribution in [0.1, 0.15) is 73.1 Å². The Kier molecular flexibility index (Phi) is 4.85. The second-order valence-corrected chi connectivity index (χ2v) is 7.56. The maximum atomic E-state index is 3.76. The Balaban J connectivity index is 2.23. The van der Waals surface area contributed by atoms with Gasteiger partial charge in [-0.2, -0.15) is 0 Å². The molecule has 0 amide bonds. The van der Waals surface area contributed by atoms with E-state index in [-0.39, 0.29) is 0 Å². The van der Waals surface area contributed by atoms with E-state index in [2.05, 4.69) is 39.9 Å². The van der Waals surface area contributed by atoms with Crippen LogP contribution in [0, 0.1) is 10.8 Å². The lowest BCUT2D eigenvalue weighted by molar-refractivity contribution is 0.306. The third kappa shape index (κ3) is 5.89. The minimum atomic E-state index is 0.469. The summed E-state index contributed by atoms with van der Waals surface area (Å²) in [6.45, 7) is 13.0. The van der Waals surface area contributed by atoms with Crippen LogP contribution in [0.2, 0.25) is 0 Å². The van der Waals surface area contributed by atoms with Crippen LogP contribution < -0.4 is 5.32 Å². The molecule has 0 heterocycles. The Labute approximate surface area is 102 Å². The van der Waals surface area contributed by atoms with Crippen LogP contribution in [0.3, 0.4) is 0 Å². The first-order chi connectivity index (χ1) is 7.29. The molecule has 1 unspecified atom stereocenters. The van der Waals surface area contributed by atoms with Gasteiger partial charge in [0, 0.05) is 6.04 Å². The zero-order valence-corrected chi connectivity index (χ0v) is 12.0. The van der Waals surface area contributed by atoms with Crippen LogP contribution in [0.25, 0.3) is 0 Å². The van der Waals surface area contributed by atoms with Gasteiger partial charge >= 0.3 is 0 Å². The lowest BCUT2D eigenvalue weighted by atomic mass is 9.85. The largest absolute Gasteiger partial charge is 0.314 e. The highest BCUT2D eigenvalue weighted by atomic mass is 14.9. The highest BCUT2D eigenvalue weighted by Crippen LogP contribution is 2.33. The van der Waals surface area contributed by atoms with Crippen LogP contribution >= 0.6 is 0 Å². The molecule has 1 aliphatic carbocycles. The molecule has 96 valence electrons. The molecule has 1 aliphatic rings. The van der Waals surface area contributed by atoms with Crippen molar-refractivity contribution in [2.45, 2.75) is 79.2 Å². The van der Waals surface area contributed by atoms with Crippen molar-refractivity contribution in [1.29, 1.82) is 0 Å². The Morgan fingerprint density at radius 2 is 1.81 bits per heavy atom. The van der Waals surface area contributed by atoms with E-state index in [1.165, 1.54) is 45.1 Å². The van der Waals surface area contributed by atoms with Gasteiger partial charge in [-0.05, 0) is 49.5 Å². The minimum Gasteiger partial charge on any atom is -0.314 e. The summed E-state index contributed by atoms with van der Waals surface area (Å²) in [5.41, 5.74) is 1.05. The Morgan fingerprint density at radius 3 is 2.44 bits per heavy atom.